The molecule has 0 aliphatic rings. The Morgan fingerprint density at radius 2 is 1.62 bits per heavy atom. The van der Waals surface area contributed by atoms with Gasteiger partial charge in [-0.25, -0.2) is 8.42 Å². The van der Waals surface area contributed by atoms with Gasteiger partial charge in [0.05, 0.1) is 23.7 Å². The second kappa shape index (κ2) is 11.4. The molecule has 0 saturated carbocycles. The van der Waals surface area contributed by atoms with Gasteiger partial charge in [-0.1, -0.05) is 36.8 Å². The normalized spacial score (nSPS) is 12.1. The summed E-state index contributed by atoms with van der Waals surface area (Å²) in [6.45, 7) is 3.57. The molecule has 0 aromatic heterocycles. The van der Waals surface area contributed by atoms with Crippen LogP contribution in [0.4, 0.5) is 5.69 Å². The topological polar surface area (TPSA) is 75.7 Å². The lowest BCUT2D eigenvalue weighted by atomic mass is 10.0. The summed E-state index contributed by atoms with van der Waals surface area (Å²) >= 11 is 1.53. The predicted molar refractivity (Wildman–Crippen MR) is 138 cm³/mol. The molecule has 180 valence electrons. The van der Waals surface area contributed by atoms with Crippen molar-refractivity contribution in [1.82, 2.24) is 5.32 Å². The van der Waals surface area contributed by atoms with Gasteiger partial charge in [0.25, 0.3) is 10.0 Å². The highest BCUT2D eigenvalue weighted by atomic mass is 32.2. The Morgan fingerprint density at radius 3 is 2.15 bits per heavy atom. The molecule has 8 heteroatoms. The van der Waals surface area contributed by atoms with Crippen molar-refractivity contribution >= 4 is 33.4 Å². The smallest absolute Gasteiger partial charge is 0.264 e. The van der Waals surface area contributed by atoms with E-state index in [1.165, 1.54) is 11.8 Å². The van der Waals surface area contributed by atoms with Crippen LogP contribution in [0.1, 0.15) is 30.5 Å². The number of sulfonamides is 1. The van der Waals surface area contributed by atoms with Crippen LogP contribution >= 0.6 is 11.8 Å². The maximum atomic E-state index is 13.6. The van der Waals surface area contributed by atoms with E-state index in [0.717, 1.165) is 26.1 Å². The molecule has 3 rings (SSSR count). The average molecular weight is 499 g/mol. The third kappa shape index (κ3) is 6.12. The quantitative estimate of drug-likeness (QED) is 0.390. The Bertz CT molecular complexity index is 1190. The highest BCUT2D eigenvalue weighted by Crippen LogP contribution is 2.26. The highest BCUT2D eigenvalue weighted by Gasteiger charge is 2.28. The second-order valence-electron chi connectivity index (χ2n) is 7.82. The highest BCUT2D eigenvalue weighted by molar-refractivity contribution is 7.98. The molecule has 1 N–H and O–H groups in total. The first-order valence-corrected chi connectivity index (χ1v) is 13.6. The zero-order valence-electron chi connectivity index (χ0n) is 19.8. The summed E-state index contributed by atoms with van der Waals surface area (Å²) in [4.78, 5) is 14.2. The molecule has 1 atom stereocenters. The molecule has 3 aromatic carbocycles. The SMILES string of the molecule is CC[C@@H](NC(=O)CN(c1ccc(C)cc1)S(=O)(=O)c1ccc(SC)cc1)c1ccc(OC)cc1. The fraction of sp³-hybridized carbons (Fsp3) is 0.269. The Hall–Kier alpha value is -2.97. The van der Waals surface area contributed by atoms with E-state index in [2.05, 4.69) is 5.32 Å². The summed E-state index contributed by atoms with van der Waals surface area (Å²) in [5.74, 6) is 0.349. The minimum Gasteiger partial charge on any atom is -0.497 e. The summed E-state index contributed by atoms with van der Waals surface area (Å²) in [6, 6.07) is 21.0. The van der Waals surface area contributed by atoms with E-state index in [4.69, 9.17) is 4.74 Å². The number of hydrogen-bond acceptors (Lipinski definition) is 5. The van der Waals surface area contributed by atoms with Crippen molar-refractivity contribution in [3.63, 3.8) is 0 Å². The average Bonchev–Trinajstić information content (AvgIpc) is 2.86. The Balaban J connectivity index is 1.88. The number of hydrogen-bond donors (Lipinski definition) is 1. The fourth-order valence-electron chi connectivity index (χ4n) is 3.53. The molecule has 0 unspecified atom stereocenters. The van der Waals surface area contributed by atoms with Crippen molar-refractivity contribution in [2.75, 3.05) is 24.2 Å². The van der Waals surface area contributed by atoms with Crippen molar-refractivity contribution < 1.29 is 17.9 Å². The lowest BCUT2D eigenvalue weighted by molar-refractivity contribution is -0.120. The van der Waals surface area contributed by atoms with Crippen molar-refractivity contribution in [1.29, 1.82) is 0 Å². The molecule has 0 spiro atoms. The van der Waals surface area contributed by atoms with E-state index in [9.17, 15) is 13.2 Å². The second-order valence-corrected chi connectivity index (χ2v) is 10.6. The van der Waals surface area contributed by atoms with E-state index in [-0.39, 0.29) is 23.4 Å². The van der Waals surface area contributed by atoms with Crippen LogP contribution in [-0.2, 0) is 14.8 Å². The standard InChI is InChI=1S/C26H30N2O4S2/c1-5-25(20-8-12-22(32-3)13-9-20)27-26(29)18-28(21-10-6-19(2)7-11-21)34(30,31)24-16-14-23(33-4)15-17-24/h6-17,25H,5,18H2,1-4H3,(H,27,29)/t25-/m1/s1. The number of nitrogens with one attached hydrogen (secondary N) is 1. The maximum absolute atomic E-state index is 13.6. The molecule has 0 fully saturated rings. The van der Waals surface area contributed by atoms with Gasteiger partial charge in [0.2, 0.25) is 5.91 Å². The van der Waals surface area contributed by atoms with Crippen LogP contribution < -0.4 is 14.4 Å². The molecule has 0 aliphatic carbocycles. The van der Waals surface area contributed by atoms with Crippen LogP contribution in [0.5, 0.6) is 5.75 Å². The maximum Gasteiger partial charge on any atom is 0.264 e. The van der Waals surface area contributed by atoms with Gasteiger partial charge >= 0.3 is 0 Å². The summed E-state index contributed by atoms with van der Waals surface area (Å²) in [5, 5.41) is 2.98. The number of rotatable bonds is 10. The van der Waals surface area contributed by atoms with Crippen molar-refractivity contribution in [2.24, 2.45) is 0 Å². The van der Waals surface area contributed by atoms with Gasteiger partial charge in [-0.15, -0.1) is 11.8 Å². The lowest BCUT2D eigenvalue weighted by Crippen LogP contribution is -2.42. The molecular formula is C26H30N2O4S2. The minimum absolute atomic E-state index is 0.140. The summed E-state index contributed by atoms with van der Waals surface area (Å²) in [7, 11) is -2.36. The number of ether oxygens (including phenoxy) is 1. The van der Waals surface area contributed by atoms with Crippen LogP contribution in [-0.4, -0.2) is 34.2 Å². The van der Waals surface area contributed by atoms with E-state index in [0.29, 0.717) is 12.1 Å². The summed E-state index contributed by atoms with van der Waals surface area (Å²) < 4.78 is 33.5. The van der Waals surface area contributed by atoms with Crippen LogP contribution in [0.25, 0.3) is 0 Å². The first-order valence-electron chi connectivity index (χ1n) is 10.9. The van der Waals surface area contributed by atoms with E-state index >= 15 is 0 Å². The third-order valence-corrected chi connectivity index (χ3v) is 8.05. The Labute approximate surface area is 206 Å². The monoisotopic (exact) mass is 498 g/mol. The van der Waals surface area contributed by atoms with Crippen molar-refractivity contribution in [3.05, 3.63) is 83.9 Å². The van der Waals surface area contributed by atoms with Gasteiger partial charge in [-0.05, 0) is 73.7 Å². The fourth-order valence-corrected chi connectivity index (χ4v) is 5.36. The Kier molecular flexibility index (Phi) is 8.63. The van der Waals surface area contributed by atoms with Gasteiger partial charge < -0.3 is 10.1 Å². The number of nitrogens with zero attached hydrogens (tertiary/aromatic N) is 1. The van der Waals surface area contributed by atoms with Crippen molar-refractivity contribution in [3.8, 4) is 5.75 Å². The minimum atomic E-state index is -3.96. The first-order chi connectivity index (χ1) is 16.3. The van der Waals surface area contributed by atoms with Gasteiger partial charge in [-0.2, -0.15) is 0 Å². The van der Waals surface area contributed by atoms with E-state index in [1.54, 1.807) is 43.5 Å². The number of aryl methyl sites for hydroxylation is 1. The van der Waals surface area contributed by atoms with E-state index < -0.39 is 10.0 Å². The number of anilines is 1. The zero-order chi connectivity index (χ0) is 24.7. The molecule has 0 bridgehead atoms. The van der Waals surface area contributed by atoms with Crippen molar-refractivity contribution in [2.45, 2.75) is 36.1 Å². The number of benzene rings is 3. The molecule has 0 aliphatic heterocycles. The molecule has 0 heterocycles. The number of carbonyl (C=O) groups excluding carboxylic acids is 1. The van der Waals surface area contributed by atoms with Crippen LogP contribution in [0, 0.1) is 6.92 Å². The van der Waals surface area contributed by atoms with Gasteiger partial charge in [0, 0.05) is 4.90 Å². The van der Waals surface area contributed by atoms with Crippen LogP contribution in [0.3, 0.4) is 0 Å². The number of thioether (sulfide) groups is 1. The Morgan fingerprint density at radius 1 is 1.00 bits per heavy atom. The van der Waals surface area contributed by atoms with Gasteiger partial charge in [0.15, 0.2) is 0 Å². The zero-order valence-corrected chi connectivity index (χ0v) is 21.4. The molecule has 1 amide bonds. The van der Waals surface area contributed by atoms with Crippen LogP contribution in [0.15, 0.2) is 82.6 Å². The van der Waals surface area contributed by atoms with E-state index in [1.807, 2.05) is 56.5 Å². The number of methoxy groups -OCH3 is 1. The van der Waals surface area contributed by atoms with Gasteiger partial charge in [0.1, 0.15) is 12.3 Å². The molecule has 3 aromatic rings. The third-order valence-electron chi connectivity index (χ3n) is 5.52. The molecule has 34 heavy (non-hydrogen) atoms. The number of amides is 1. The first kappa shape index (κ1) is 25.6. The lowest BCUT2D eigenvalue weighted by Gasteiger charge is -2.26. The predicted octanol–water partition coefficient (Wildman–Crippen LogP) is 5.19. The van der Waals surface area contributed by atoms with Crippen LogP contribution in [0.2, 0.25) is 0 Å². The largest absolute Gasteiger partial charge is 0.497 e. The molecular weight excluding hydrogens is 468 g/mol. The van der Waals surface area contributed by atoms with Gasteiger partial charge in [-0.3, -0.25) is 9.10 Å². The molecule has 6 nitrogen and oxygen atoms in total. The summed E-state index contributed by atoms with van der Waals surface area (Å²) in [6.07, 6.45) is 2.59. The molecule has 0 radical (unpaired) electrons. The molecule has 0 saturated heterocycles. The summed E-state index contributed by atoms with van der Waals surface area (Å²) in [5.41, 5.74) is 2.36. The number of carbonyl (C=O) groups is 1.